The van der Waals surface area contributed by atoms with Gasteiger partial charge in [0.15, 0.2) is 0 Å². The monoisotopic (exact) mass is 437 g/mol. The Morgan fingerprint density at radius 1 is 0.875 bits per heavy atom. The first-order valence-electron chi connectivity index (χ1n) is 10.6. The molecule has 0 heterocycles. The van der Waals surface area contributed by atoms with Gasteiger partial charge in [-0.1, -0.05) is 48.5 Å². The molecule has 0 aliphatic rings. The summed E-state index contributed by atoms with van der Waals surface area (Å²) in [5.74, 6) is 1.85. The third-order valence-electron chi connectivity index (χ3n) is 5.51. The van der Waals surface area contributed by atoms with Gasteiger partial charge in [0.05, 0.1) is 39.0 Å². The number of hydrogen-bond donors (Lipinski definition) is 3. The molecule has 3 N–H and O–H groups in total. The van der Waals surface area contributed by atoms with E-state index in [1.54, 1.807) is 14.2 Å². The van der Waals surface area contributed by atoms with Crippen LogP contribution in [0.15, 0.2) is 60.7 Å². The lowest BCUT2D eigenvalue weighted by atomic mass is 9.97. The number of nitrogens with one attached hydrogen (secondary N) is 1. The quantitative estimate of drug-likeness (QED) is 0.425. The summed E-state index contributed by atoms with van der Waals surface area (Å²) in [5.41, 5.74) is 5.43. The van der Waals surface area contributed by atoms with E-state index in [0.717, 1.165) is 11.1 Å². The van der Waals surface area contributed by atoms with Crippen LogP contribution >= 0.6 is 0 Å². The number of ether oxygens (including phenoxy) is 3. The summed E-state index contributed by atoms with van der Waals surface area (Å²) < 4.78 is 17.2. The molecule has 0 aromatic heterocycles. The summed E-state index contributed by atoms with van der Waals surface area (Å²) in [6, 6.07) is 19.8. The molecule has 0 aliphatic heterocycles. The van der Waals surface area contributed by atoms with Crippen molar-refractivity contribution in [3.05, 3.63) is 77.4 Å². The van der Waals surface area contributed by atoms with Crippen LogP contribution in [0.1, 0.15) is 16.7 Å². The van der Waals surface area contributed by atoms with E-state index in [2.05, 4.69) is 36.5 Å². The molecule has 6 nitrogen and oxygen atoms in total. The highest BCUT2D eigenvalue weighted by Crippen LogP contribution is 2.35. The average molecular weight is 438 g/mol. The van der Waals surface area contributed by atoms with Crippen molar-refractivity contribution in [3.8, 4) is 28.4 Å². The molecule has 0 radical (unpaired) electrons. The van der Waals surface area contributed by atoms with Gasteiger partial charge in [0.25, 0.3) is 0 Å². The van der Waals surface area contributed by atoms with Gasteiger partial charge < -0.3 is 29.7 Å². The van der Waals surface area contributed by atoms with Crippen molar-refractivity contribution in [1.82, 2.24) is 5.32 Å². The molecule has 3 rings (SSSR count). The molecule has 170 valence electrons. The molecule has 0 bridgehead atoms. The highest BCUT2D eigenvalue weighted by atomic mass is 16.5. The Balaban J connectivity index is 1.80. The molecular formula is C26H31NO5. The molecule has 0 atom stereocenters. The van der Waals surface area contributed by atoms with E-state index in [0.29, 0.717) is 30.4 Å². The first-order chi connectivity index (χ1) is 15.6. The molecule has 0 spiro atoms. The number of hydrogen-bond acceptors (Lipinski definition) is 6. The molecule has 0 aliphatic carbocycles. The summed E-state index contributed by atoms with van der Waals surface area (Å²) in [7, 11) is 3.18. The third kappa shape index (κ3) is 5.59. The van der Waals surface area contributed by atoms with Crippen LogP contribution in [0, 0.1) is 6.92 Å². The van der Waals surface area contributed by atoms with Gasteiger partial charge in [-0.2, -0.15) is 0 Å². The lowest BCUT2D eigenvalue weighted by Crippen LogP contribution is -2.35. The smallest absolute Gasteiger partial charge is 0.130 e. The van der Waals surface area contributed by atoms with Gasteiger partial charge in [0.2, 0.25) is 0 Å². The standard InChI is InChI=1S/C26H31NO5/c1-18-20(10-7-11-23(18)19-8-5-4-6-9-19)17-32-22-12-25(30-2)24(26(13-22)31-3)14-27-21(15-28)16-29/h4-13,21,27-29H,14-17H2,1-3H3. The Bertz CT molecular complexity index is 977. The van der Waals surface area contributed by atoms with Crippen LogP contribution in [-0.4, -0.2) is 43.7 Å². The minimum Gasteiger partial charge on any atom is -0.496 e. The summed E-state index contributed by atoms with van der Waals surface area (Å²) in [6.45, 7) is 2.56. The number of rotatable bonds is 11. The molecule has 0 amide bonds. The Hall–Kier alpha value is -3.06. The van der Waals surface area contributed by atoms with Crippen LogP contribution in [0.5, 0.6) is 17.2 Å². The second kappa shape index (κ2) is 11.5. The number of aliphatic hydroxyl groups excluding tert-OH is 2. The third-order valence-corrected chi connectivity index (χ3v) is 5.51. The molecule has 0 saturated carbocycles. The molecule has 6 heteroatoms. The van der Waals surface area contributed by atoms with Crippen LogP contribution in [-0.2, 0) is 13.2 Å². The second-order valence-electron chi connectivity index (χ2n) is 7.49. The molecule has 0 saturated heterocycles. The fourth-order valence-corrected chi connectivity index (χ4v) is 3.58. The molecule has 0 fully saturated rings. The van der Waals surface area contributed by atoms with Gasteiger partial charge in [-0.15, -0.1) is 0 Å². The number of benzene rings is 3. The van der Waals surface area contributed by atoms with E-state index in [1.807, 2.05) is 36.4 Å². The second-order valence-corrected chi connectivity index (χ2v) is 7.49. The van der Waals surface area contributed by atoms with Crippen LogP contribution < -0.4 is 19.5 Å². The zero-order valence-corrected chi connectivity index (χ0v) is 18.8. The molecular weight excluding hydrogens is 406 g/mol. The maximum atomic E-state index is 9.29. The molecule has 32 heavy (non-hydrogen) atoms. The van der Waals surface area contributed by atoms with Crippen LogP contribution in [0.4, 0.5) is 0 Å². The van der Waals surface area contributed by atoms with Crippen molar-refractivity contribution >= 4 is 0 Å². The predicted molar refractivity (Wildman–Crippen MR) is 125 cm³/mol. The zero-order chi connectivity index (χ0) is 22.9. The fourth-order valence-electron chi connectivity index (χ4n) is 3.58. The van der Waals surface area contributed by atoms with E-state index in [1.165, 1.54) is 16.7 Å². The van der Waals surface area contributed by atoms with Crippen molar-refractivity contribution in [3.63, 3.8) is 0 Å². The summed E-state index contributed by atoms with van der Waals surface area (Å²) in [5, 5.41) is 21.7. The van der Waals surface area contributed by atoms with Gasteiger partial charge in [-0.05, 0) is 29.2 Å². The first kappa shape index (κ1) is 23.6. The van der Waals surface area contributed by atoms with Gasteiger partial charge in [0, 0.05) is 18.7 Å². The highest BCUT2D eigenvalue weighted by molar-refractivity contribution is 5.68. The zero-order valence-electron chi connectivity index (χ0n) is 18.8. The lowest BCUT2D eigenvalue weighted by molar-refractivity contribution is 0.169. The van der Waals surface area contributed by atoms with Crippen molar-refractivity contribution < 1.29 is 24.4 Å². The Kier molecular flexibility index (Phi) is 8.50. The van der Waals surface area contributed by atoms with Crippen LogP contribution in [0.3, 0.4) is 0 Å². The van der Waals surface area contributed by atoms with E-state index < -0.39 is 6.04 Å². The maximum absolute atomic E-state index is 9.29. The van der Waals surface area contributed by atoms with Crippen molar-refractivity contribution in [2.24, 2.45) is 0 Å². The first-order valence-corrected chi connectivity index (χ1v) is 10.6. The van der Waals surface area contributed by atoms with E-state index >= 15 is 0 Å². The molecule has 3 aromatic carbocycles. The van der Waals surface area contributed by atoms with Gasteiger partial charge in [-0.25, -0.2) is 0 Å². The maximum Gasteiger partial charge on any atom is 0.130 e. The molecule has 3 aromatic rings. The van der Waals surface area contributed by atoms with Gasteiger partial charge in [0.1, 0.15) is 23.9 Å². The normalized spacial score (nSPS) is 10.9. The summed E-state index contributed by atoms with van der Waals surface area (Å²) >= 11 is 0. The Morgan fingerprint density at radius 3 is 2.12 bits per heavy atom. The van der Waals surface area contributed by atoms with E-state index in [9.17, 15) is 10.2 Å². The SMILES string of the molecule is COc1cc(OCc2cccc(-c3ccccc3)c2C)cc(OC)c1CNC(CO)CO. The summed E-state index contributed by atoms with van der Waals surface area (Å²) in [4.78, 5) is 0. The number of methoxy groups -OCH3 is 2. The Morgan fingerprint density at radius 2 is 1.53 bits per heavy atom. The van der Waals surface area contributed by atoms with Crippen molar-refractivity contribution in [1.29, 1.82) is 0 Å². The van der Waals surface area contributed by atoms with E-state index in [4.69, 9.17) is 14.2 Å². The minimum atomic E-state index is -0.416. The van der Waals surface area contributed by atoms with Crippen molar-refractivity contribution in [2.75, 3.05) is 27.4 Å². The van der Waals surface area contributed by atoms with Gasteiger partial charge in [-0.3, -0.25) is 0 Å². The lowest BCUT2D eigenvalue weighted by Gasteiger charge is -2.19. The minimum absolute atomic E-state index is 0.163. The number of aliphatic hydroxyl groups is 2. The summed E-state index contributed by atoms with van der Waals surface area (Å²) in [6.07, 6.45) is 0. The van der Waals surface area contributed by atoms with E-state index in [-0.39, 0.29) is 13.2 Å². The fraction of sp³-hybridized carbons (Fsp3) is 0.308. The van der Waals surface area contributed by atoms with Gasteiger partial charge >= 0.3 is 0 Å². The molecule has 0 unspecified atom stereocenters. The van der Waals surface area contributed by atoms with Crippen LogP contribution in [0.25, 0.3) is 11.1 Å². The topological polar surface area (TPSA) is 80.2 Å². The Labute approximate surface area is 189 Å². The highest BCUT2D eigenvalue weighted by Gasteiger charge is 2.16. The average Bonchev–Trinajstić information content (AvgIpc) is 2.84. The van der Waals surface area contributed by atoms with Crippen LogP contribution in [0.2, 0.25) is 0 Å². The predicted octanol–water partition coefficient (Wildman–Crippen LogP) is 3.70. The van der Waals surface area contributed by atoms with Crippen molar-refractivity contribution in [2.45, 2.75) is 26.1 Å². The largest absolute Gasteiger partial charge is 0.496 e.